The van der Waals surface area contributed by atoms with Crippen molar-refractivity contribution in [1.82, 2.24) is 5.32 Å². The van der Waals surface area contributed by atoms with Gasteiger partial charge in [-0.3, -0.25) is 0 Å². The van der Waals surface area contributed by atoms with Crippen LogP contribution in [-0.2, 0) is 0 Å². The van der Waals surface area contributed by atoms with Crippen molar-refractivity contribution in [3.05, 3.63) is 23.8 Å². The normalized spacial score (nSPS) is 14.4. The first-order valence-electron chi connectivity index (χ1n) is 7.07. The second kappa shape index (κ2) is 7.39. The third-order valence-electron chi connectivity index (χ3n) is 3.42. The molecule has 1 aromatic rings. The van der Waals surface area contributed by atoms with Crippen molar-refractivity contribution in [2.45, 2.75) is 52.6 Å². The lowest BCUT2D eigenvalue weighted by Gasteiger charge is -2.21. The van der Waals surface area contributed by atoms with E-state index in [1.165, 1.54) is 12.8 Å². The lowest BCUT2D eigenvalue weighted by Crippen LogP contribution is -2.29. The third-order valence-corrected chi connectivity index (χ3v) is 3.42. The number of phenolic OH excluding ortho intramolecular Hbond substituents is 1. The van der Waals surface area contributed by atoms with Gasteiger partial charge in [-0.25, -0.2) is 0 Å². The summed E-state index contributed by atoms with van der Waals surface area (Å²) in [4.78, 5) is 0. The fourth-order valence-electron chi connectivity index (χ4n) is 2.15. The van der Waals surface area contributed by atoms with E-state index in [4.69, 9.17) is 4.74 Å². The van der Waals surface area contributed by atoms with Crippen molar-refractivity contribution in [2.75, 3.05) is 7.11 Å². The number of hydrogen-bond acceptors (Lipinski definition) is 3. The SMILES string of the molecule is COc1cc(C(C)NC(C)CCC(C)C)ccc1O. The molecule has 0 heterocycles. The van der Waals surface area contributed by atoms with Crippen LogP contribution in [0.1, 0.15) is 52.1 Å². The number of benzene rings is 1. The molecule has 2 atom stereocenters. The summed E-state index contributed by atoms with van der Waals surface area (Å²) in [5.41, 5.74) is 1.13. The summed E-state index contributed by atoms with van der Waals surface area (Å²) in [5.74, 6) is 1.46. The minimum absolute atomic E-state index is 0.186. The molecule has 1 rings (SSSR count). The molecule has 0 aliphatic carbocycles. The smallest absolute Gasteiger partial charge is 0.160 e. The molecule has 0 saturated heterocycles. The van der Waals surface area contributed by atoms with Gasteiger partial charge < -0.3 is 15.2 Å². The maximum Gasteiger partial charge on any atom is 0.160 e. The van der Waals surface area contributed by atoms with Crippen LogP contribution in [0.15, 0.2) is 18.2 Å². The van der Waals surface area contributed by atoms with Gasteiger partial charge in [0.2, 0.25) is 0 Å². The molecular formula is C16H27NO2. The van der Waals surface area contributed by atoms with Gasteiger partial charge in [0.1, 0.15) is 0 Å². The molecule has 0 saturated carbocycles. The van der Waals surface area contributed by atoms with Gasteiger partial charge in [0.25, 0.3) is 0 Å². The second-order valence-corrected chi connectivity index (χ2v) is 5.69. The van der Waals surface area contributed by atoms with Gasteiger partial charge in [-0.05, 0) is 50.3 Å². The van der Waals surface area contributed by atoms with Gasteiger partial charge in [0, 0.05) is 12.1 Å². The van der Waals surface area contributed by atoms with Crippen LogP contribution in [0.4, 0.5) is 0 Å². The number of ether oxygens (including phenoxy) is 1. The van der Waals surface area contributed by atoms with Crippen LogP contribution in [0, 0.1) is 5.92 Å². The molecule has 0 radical (unpaired) electrons. The molecule has 3 nitrogen and oxygen atoms in total. The van der Waals surface area contributed by atoms with Gasteiger partial charge >= 0.3 is 0 Å². The molecule has 0 fully saturated rings. The number of rotatable bonds is 7. The summed E-state index contributed by atoms with van der Waals surface area (Å²) < 4.78 is 5.14. The Bertz CT molecular complexity index is 390. The van der Waals surface area contributed by atoms with Crippen LogP contribution in [0.5, 0.6) is 11.5 Å². The highest BCUT2D eigenvalue weighted by Crippen LogP contribution is 2.29. The lowest BCUT2D eigenvalue weighted by molar-refractivity contribution is 0.371. The lowest BCUT2D eigenvalue weighted by atomic mass is 10.0. The standard InChI is InChI=1S/C16H27NO2/c1-11(2)6-7-12(3)17-13(4)14-8-9-15(18)16(10-14)19-5/h8-13,17-18H,6-7H2,1-5H3. The van der Waals surface area contributed by atoms with Crippen molar-refractivity contribution in [3.63, 3.8) is 0 Å². The van der Waals surface area contributed by atoms with Gasteiger partial charge in [-0.15, -0.1) is 0 Å². The van der Waals surface area contributed by atoms with Crippen LogP contribution >= 0.6 is 0 Å². The number of hydrogen-bond donors (Lipinski definition) is 2. The van der Waals surface area contributed by atoms with E-state index in [2.05, 4.69) is 33.0 Å². The Morgan fingerprint density at radius 3 is 2.42 bits per heavy atom. The predicted octanol–water partition coefficient (Wildman–Crippen LogP) is 3.88. The van der Waals surface area contributed by atoms with E-state index < -0.39 is 0 Å². The van der Waals surface area contributed by atoms with Crippen molar-refractivity contribution in [1.29, 1.82) is 0 Å². The first-order chi connectivity index (χ1) is 8.93. The monoisotopic (exact) mass is 265 g/mol. The van der Waals surface area contributed by atoms with Crippen molar-refractivity contribution < 1.29 is 9.84 Å². The Labute approximate surface area is 117 Å². The zero-order valence-electron chi connectivity index (χ0n) is 12.7. The molecule has 0 spiro atoms. The van der Waals surface area contributed by atoms with Crippen molar-refractivity contribution >= 4 is 0 Å². The molecule has 2 N–H and O–H groups in total. The van der Waals surface area contributed by atoms with Gasteiger partial charge in [-0.2, -0.15) is 0 Å². The minimum atomic E-state index is 0.186. The fraction of sp³-hybridized carbons (Fsp3) is 0.625. The maximum atomic E-state index is 9.60. The van der Waals surface area contributed by atoms with Crippen molar-refractivity contribution in [3.8, 4) is 11.5 Å². The van der Waals surface area contributed by atoms with Crippen LogP contribution in [0.2, 0.25) is 0 Å². The highest BCUT2D eigenvalue weighted by molar-refractivity contribution is 5.42. The Balaban J connectivity index is 2.59. The summed E-state index contributed by atoms with van der Waals surface area (Å²) in [6.45, 7) is 8.86. The molecule has 0 aliphatic heterocycles. The Kier molecular flexibility index (Phi) is 6.16. The van der Waals surface area contributed by atoms with Gasteiger partial charge in [0.15, 0.2) is 11.5 Å². The van der Waals surface area contributed by atoms with E-state index in [0.29, 0.717) is 11.8 Å². The zero-order valence-corrected chi connectivity index (χ0v) is 12.7. The van der Waals surface area contributed by atoms with E-state index in [-0.39, 0.29) is 11.8 Å². The molecule has 0 aliphatic rings. The zero-order chi connectivity index (χ0) is 14.4. The largest absolute Gasteiger partial charge is 0.504 e. The summed E-state index contributed by atoms with van der Waals surface area (Å²) in [7, 11) is 1.57. The number of nitrogens with one attached hydrogen (secondary N) is 1. The molecule has 0 amide bonds. The van der Waals surface area contributed by atoms with Crippen LogP contribution in [0.25, 0.3) is 0 Å². The molecule has 0 aromatic heterocycles. The first-order valence-corrected chi connectivity index (χ1v) is 7.07. The fourth-order valence-corrected chi connectivity index (χ4v) is 2.15. The average molecular weight is 265 g/mol. The molecule has 3 heteroatoms. The second-order valence-electron chi connectivity index (χ2n) is 5.69. The van der Waals surface area contributed by atoms with E-state index in [0.717, 1.165) is 11.5 Å². The molecule has 1 aromatic carbocycles. The molecule has 2 unspecified atom stereocenters. The molecule has 108 valence electrons. The average Bonchev–Trinajstić information content (AvgIpc) is 2.36. The predicted molar refractivity (Wildman–Crippen MR) is 79.7 cm³/mol. The summed E-state index contributed by atoms with van der Waals surface area (Å²) >= 11 is 0. The van der Waals surface area contributed by atoms with E-state index in [1.54, 1.807) is 13.2 Å². The Morgan fingerprint density at radius 2 is 1.84 bits per heavy atom. The number of methoxy groups -OCH3 is 1. The third kappa shape index (κ3) is 5.11. The van der Waals surface area contributed by atoms with Gasteiger partial charge in [0.05, 0.1) is 7.11 Å². The van der Waals surface area contributed by atoms with Gasteiger partial charge in [-0.1, -0.05) is 19.9 Å². The van der Waals surface area contributed by atoms with E-state index in [1.807, 2.05) is 12.1 Å². The quantitative estimate of drug-likeness (QED) is 0.786. The topological polar surface area (TPSA) is 41.5 Å². The number of aromatic hydroxyl groups is 1. The minimum Gasteiger partial charge on any atom is -0.504 e. The molecular weight excluding hydrogens is 238 g/mol. The Morgan fingerprint density at radius 1 is 1.16 bits per heavy atom. The van der Waals surface area contributed by atoms with Crippen LogP contribution in [0.3, 0.4) is 0 Å². The first kappa shape index (κ1) is 15.8. The van der Waals surface area contributed by atoms with Crippen LogP contribution in [-0.4, -0.2) is 18.3 Å². The van der Waals surface area contributed by atoms with E-state index in [9.17, 15) is 5.11 Å². The number of phenols is 1. The molecule has 0 bridgehead atoms. The highest BCUT2D eigenvalue weighted by atomic mass is 16.5. The van der Waals surface area contributed by atoms with Crippen LogP contribution < -0.4 is 10.1 Å². The Hall–Kier alpha value is -1.22. The highest BCUT2D eigenvalue weighted by Gasteiger charge is 2.12. The maximum absolute atomic E-state index is 9.60. The summed E-state index contributed by atoms with van der Waals surface area (Å²) in [6, 6.07) is 6.24. The van der Waals surface area contributed by atoms with Crippen molar-refractivity contribution in [2.24, 2.45) is 5.92 Å². The molecule has 19 heavy (non-hydrogen) atoms. The van der Waals surface area contributed by atoms with E-state index >= 15 is 0 Å². The summed E-state index contributed by atoms with van der Waals surface area (Å²) in [6.07, 6.45) is 2.41. The summed E-state index contributed by atoms with van der Waals surface area (Å²) in [5, 5.41) is 13.2.